The van der Waals surface area contributed by atoms with Gasteiger partial charge < -0.3 is 16.2 Å². The summed E-state index contributed by atoms with van der Waals surface area (Å²) in [6, 6.07) is 2.11. The standard InChI is InChI=1S/C12H16N4OS/c1-2-7-5-8-9(16-12(6-17)3-4-12)14-11(13)15-10(8)18-7/h5,17H,2-4,6H2,1H3,(H3,13,14,15,16). The number of nitrogen functional groups attached to an aromatic ring is 1. The largest absolute Gasteiger partial charge is 0.394 e. The average molecular weight is 264 g/mol. The number of nitrogens with zero attached hydrogens (tertiary/aromatic N) is 2. The maximum absolute atomic E-state index is 9.38. The predicted octanol–water partition coefficient (Wildman–Crippen LogP) is 1.77. The molecule has 0 unspecified atom stereocenters. The van der Waals surface area contributed by atoms with Crippen LogP contribution >= 0.6 is 11.3 Å². The van der Waals surface area contributed by atoms with E-state index in [9.17, 15) is 5.11 Å². The zero-order chi connectivity index (χ0) is 12.8. The number of aliphatic hydroxyl groups excluding tert-OH is 1. The van der Waals surface area contributed by atoms with Crippen LogP contribution in [0.15, 0.2) is 6.07 Å². The Kier molecular flexibility index (Phi) is 2.64. The molecule has 0 spiro atoms. The summed E-state index contributed by atoms with van der Waals surface area (Å²) in [5.41, 5.74) is 5.55. The van der Waals surface area contributed by atoms with Gasteiger partial charge in [0.2, 0.25) is 5.95 Å². The summed E-state index contributed by atoms with van der Waals surface area (Å²) >= 11 is 1.65. The molecule has 0 amide bonds. The molecule has 1 aliphatic rings. The van der Waals surface area contributed by atoms with Crippen molar-refractivity contribution in [2.24, 2.45) is 0 Å². The van der Waals surface area contributed by atoms with Gasteiger partial charge in [0.05, 0.1) is 17.5 Å². The number of nitrogens with two attached hydrogens (primary N) is 1. The molecule has 96 valence electrons. The summed E-state index contributed by atoms with van der Waals surface area (Å²) in [5.74, 6) is 1.03. The van der Waals surface area contributed by atoms with E-state index in [2.05, 4.69) is 28.3 Å². The van der Waals surface area contributed by atoms with Crippen LogP contribution in [0.4, 0.5) is 11.8 Å². The van der Waals surface area contributed by atoms with Gasteiger partial charge in [0.1, 0.15) is 10.6 Å². The molecule has 6 heteroatoms. The Morgan fingerprint density at radius 3 is 2.89 bits per heavy atom. The van der Waals surface area contributed by atoms with Crippen molar-refractivity contribution in [2.75, 3.05) is 17.7 Å². The van der Waals surface area contributed by atoms with Crippen molar-refractivity contribution in [3.8, 4) is 0 Å². The highest BCUT2D eigenvalue weighted by atomic mass is 32.1. The topological polar surface area (TPSA) is 84.1 Å². The van der Waals surface area contributed by atoms with Crippen LogP contribution in [0.1, 0.15) is 24.6 Å². The number of aryl methyl sites for hydroxylation is 1. The molecule has 0 bridgehead atoms. The molecule has 1 aliphatic carbocycles. The number of aromatic nitrogens is 2. The molecule has 0 aromatic carbocycles. The lowest BCUT2D eigenvalue weighted by Crippen LogP contribution is -2.26. The molecule has 1 fully saturated rings. The normalized spacial score (nSPS) is 17.0. The molecule has 2 aromatic heterocycles. The lowest BCUT2D eigenvalue weighted by molar-refractivity contribution is 0.266. The predicted molar refractivity (Wildman–Crippen MR) is 73.9 cm³/mol. The Bertz CT molecular complexity index is 591. The fraction of sp³-hybridized carbons (Fsp3) is 0.500. The summed E-state index contributed by atoms with van der Waals surface area (Å²) in [6.45, 7) is 2.24. The minimum Gasteiger partial charge on any atom is -0.394 e. The average Bonchev–Trinajstić information content (AvgIpc) is 3.00. The van der Waals surface area contributed by atoms with Crippen molar-refractivity contribution in [3.63, 3.8) is 0 Å². The second-order valence-corrected chi connectivity index (χ2v) is 5.89. The molecule has 0 radical (unpaired) electrons. The molecule has 1 saturated carbocycles. The van der Waals surface area contributed by atoms with Gasteiger partial charge in [0.15, 0.2) is 0 Å². The summed E-state index contributed by atoms with van der Waals surface area (Å²) in [5, 5.41) is 13.7. The van der Waals surface area contributed by atoms with Gasteiger partial charge in [-0.2, -0.15) is 4.98 Å². The van der Waals surface area contributed by atoms with Crippen molar-refractivity contribution in [1.82, 2.24) is 9.97 Å². The van der Waals surface area contributed by atoms with Crippen molar-refractivity contribution in [3.05, 3.63) is 10.9 Å². The fourth-order valence-electron chi connectivity index (χ4n) is 1.98. The highest BCUT2D eigenvalue weighted by Gasteiger charge is 2.42. The van der Waals surface area contributed by atoms with E-state index in [0.717, 1.165) is 35.3 Å². The number of anilines is 2. The van der Waals surface area contributed by atoms with Crippen LogP contribution in [0.3, 0.4) is 0 Å². The molecule has 0 saturated heterocycles. The number of thiophene rings is 1. The minimum absolute atomic E-state index is 0.128. The van der Waals surface area contributed by atoms with Gasteiger partial charge in [0.25, 0.3) is 0 Å². The molecular weight excluding hydrogens is 248 g/mol. The van der Waals surface area contributed by atoms with Crippen LogP contribution < -0.4 is 11.1 Å². The highest BCUT2D eigenvalue weighted by molar-refractivity contribution is 7.18. The Morgan fingerprint density at radius 2 is 2.28 bits per heavy atom. The smallest absolute Gasteiger partial charge is 0.223 e. The van der Waals surface area contributed by atoms with Gasteiger partial charge in [-0.15, -0.1) is 11.3 Å². The SMILES string of the molecule is CCc1cc2c(NC3(CO)CC3)nc(N)nc2s1. The van der Waals surface area contributed by atoms with E-state index in [1.54, 1.807) is 11.3 Å². The summed E-state index contributed by atoms with van der Waals surface area (Å²) in [4.78, 5) is 10.7. The molecule has 0 aliphatic heterocycles. The molecule has 0 atom stereocenters. The number of aliphatic hydroxyl groups is 1. The molecule has 3 rings (SSSR count). The van der Waals surface area contributed by atoms with E-state index in [0.29, 0.717) is 0 Å². The van der Waals surface area contributed by atoms with Gasteiger partial charge in [-0.3, -0.25) is 0 Å². The molecule has 5 nitrogen and oxygen atoms in total. The third-order valence-corrected chi connectivity index (χ3v) is 4.52. The Morgan fingerprint density at radius 1 is 1.50 bits per heavy atom. The number of rotatable bonds is 4. The summed E-state index contributed by atoms with van der Waals surface area (Å²) in [6.07, 6.45) is 2.92. The van der Waals surface area contributed by atoms with Crippen molar-refractivity contribution >= 4 is 33.3 Å². The lowest BCUT2D eigenvalue weighted by atomic mass is 10.2. The number of fused-ring (bicyclic) bond motifs is 1. The van der Waals surface area contributed by atoms with E-state index < -0.39 is 0 Å². The van der Waals surface area contributed by atoms with Crippen LogP contribution in [-0.2, 0) is 6.42 Å². The molecule has 2 heterocycles. The van der Waals surface area contributed by atoms with E-state index in [4.69, 9.17) is 5.73 Å². The van der Waals surface area contributed by atoms with E-state index in [-0.39, 0.29) is 18.1 Å². The van der Waals surface area contributed by atoms with Gasteiger partial charge in [-0.1, -0.05) is 6.92 Å². The summed E-state index contributed by atoms with van der Waals surface area (Å²) < 4.78 is 0. The Balaban J connectivity index is 2.06. The quantitative estimate of drug-likeness (QED) is 0.784. The van der Waals surface area contributed by atoms with Crippen LogP contribution in [-0.4, -0.2) is 27.2 Å². The van der Waals surface area contributed by atoms with E-state index in [1.807, 2.05) is 0 Å². The van der Waals surface area contributed by atoms with Crippen molar-refractivity contribution in [1.29, 1.82) is 0 Å². The Labute approximate surface area is 109 Å². The maximum Gasteiger partial charge on any atom is 0.223 e. The molecule has 18 heavy (non-hydrogen) atoms. The fourth-order valence-corrected chi connectivity index (χ4v) is 2.96. The minimum atomic E-state index is -0.192. The number of hydrogen-bond acceptors (Lipinski definition) is 6. The number of hydrogen-bond donors (Lipinski definition) is 3. The van der Waals surface area contributed by atoms with Gasteiger partial charge >= 0.3 is 0 Å². The van der Waals surface area contributed by atoms with Gasteiger partial charge in [-0.25, -0.2) is 4.98 Å². The van der Waals surface area contributed by atoms with Crippen LogP contribution in [0.5, 0.6) is 0 Å². The number of nitrogens with one attached hydrogen (secondary N) is 1. The lowest BCUT2D eigenvalue weighted by Gasteiger charge is -2.15. The Hall–Kier alpha value is -1.40. The summed E-state index contributed by atoms with van der Waals surface area (Å²) in [7, 11) is 0. The van der Waals surface area contributed by atoms with Crippen molar-refractivity contribution in [2.45, 2.75) is 31.7 Å². The first-order valence-corrected chi connectivity index (χ1v) is 6.92. The first-order valence-electron chi connectivity index (χ1n) is 6.11. The molecular formula is C12H16N4OS. The highest BCUT2D eigenvalue weighted by Crippen LogP contribution is 2.40. The van der Waals surface area contributed by atoms with Gasteiger partial charge in [0, 0.05) is 4.88 Å². The molecule has 4 N–H and O–H groups in total. The van der Waals surface area contributed by atoms with Crippen LogP contribution in [0.25, 0.3) is 10.2 Å². The second-order valence-electron chi connectivity index (χ2n) is 4.78. The first kappa shape index (κ1) is 11.7. The van der Waals surface area contributed by atoms with E-state index in [1.165, 1.54) is 4.88 Å². The van der Waals surface area contributed by atoms with Crippen molar-refractivity contribution < 1.29 is 5.11 Å². The zero-order valence-electron chi connectivity index (χ0n) is 10.2. The third-order valence-electron chi connectivity index (χ3n) is 3.35. The van der Waals surface area contributed by atoms with Crippen LogP contribution in [0.2, 0.25) is 0 Å². The van der Waals surface area contributed by atoms with Crippen LogP contribution in [0, 0.1) is 0 Å². The monoisotopic (exact) mass is 264 g/mol. The molecule has 2 aromatic rings. The second kappa shape index (κ2) is 4.07. The van der Waals surface area contributed by atoms with Gasteiger partial charge in [-0.05, 0) is 25.3 Å². The first-order chi connectivity index (χ1) is 8.65. The maximum atomic E-state index is 9.38. The third kappa shape index (κ3) is 1.91. The van der Waals surface area contributed by atoms with E-state index >= 15 is 0 Å². The zero-order valence-corrected chi connectivity index (χ0v) is 11.0.